The molecule has 0 aromatic heterocycles. The molecular weight excluding hydrogens is 228 g/mol. The second kappa shape index (κ2) is 6.06. The van der Waals surface area contributed by atoms with Crippen LogP contribution in [0.3, 0.4) is 0 Å². The average Bonchev–Trinajstić information content (AvgIpc) is 2.37. The second-order valence-electron chi connectivity index (χ2n) is 5.31. The Morgan fingerprint density at radius 1 is 1.00 bits per heavy atom. The third kappa shape index (κ3) is 3.07. The van der Waals surface area contributed by atoms with Crippen molar-refractivity contribution in [1.82, 2.24) is 0 Å². The molecule has 99 valence electrons. The van der Waals surface area contributed by atoms with Crippen LogP contribution in [0, 0.1) is 19.9 Å². The van der Waals surface area contributed by atoms with Gasteiger partial charge in [0, 0.05) is 0 Å². The van der Waals surface area contributed by atoms with Crippen molar-refractivity contribution >= 4 is 0 Å². The van der Waals surface area contributed by atoms with Crippen LogP contribution in [0.25, 0.3) is 11.1 Å². The van der Waals surface area contributed by atoms with Crippen LogP contribution in [0.2, 0.25) is 0 Å². The van der Waals surface area contributed by atoms with Crippen LogP contribution in [0.4, 0.5) is 0 Å². The maximum atomic E-state index is 3.54. The van der Waals surface area contributed by atoms with Crippen molar-refractivity contribution in [2.75, 3.05) is 0 Å². The van der Waals surface area contributed by atoms with Gasteiger partial charge in [-0.25, -0.2) is 0 Å². The molecule has 0 aliphatic rings. The summed E-state index contributed by atoms with van der Waals surface area (Å²) in [6.07, 6.45) is 3.41. The standard InChI is InChI=1S/C19H23/c1-5-8-17-10-7-9-16(6-2)19(17)18-12-14(3)11-15(4)13-18/h7,9-12H,5-6,8H2,1-4H3. The largest absolute Gasteiger partial charge is 0.0651 e. The van der Waals surface area contributed by atoms with Crippen LogP contribution >= 0.6 is 0 Å². The van der Waals surface area contributed by atoms with Gasteiger partial charge < -0.3 is 0 Å². The molecular formula is C19H23. The van der Waals surface area contributed by atoms with Crippen LogP contribution in [0.15, 0.2) is 30.3 Å². The van der Waals surface area contributed by atoms with Crippen molar-refractivity contribution < 1.29 is 0 Å². The van der Waals surface area contributed by atoms with E-state index in [1.54, 1.807) is 0 Å². The van der Waals surface area contributed by atoms with Gasteiger partial charge in [0.1, 0.15) is 0 Å². The van der Waals surface area contributed by atoms with Gasteiger partial charge in [-0.3, -0.25) is 0 Å². The first kappa shape index (κ1) is 13.9. The Kier molecular flexibility index (Phi) is 4.42. The molecule has 2 aromatic carbocycles. The van der Waals surface area contributed by atoms with Gasteiger partial charge in [-0.15, -0.1) is 0 Å². The van der Waals surface area contributed by atoms with Crippen molar-refractivity contribution in [1.29, 1.82) is 0 Å². The Bertz CT molecular complexity index is 544. The minimum absolute atomic E-state index is 1.08. The van der Waals surface area contributed by atoms with Crippen molar-refractivity contribution in [2.24, 2.45) is 0 Å². The molecule has 19 heavy (non-hydrogen) atoms. The maximum absolute atomic E-state index is 3.54. The van der Waals surface area contributed by atoms with Gasteiger partial charge in [0.2, 0.25) is 0 Å². The summed E-state index contributed by atoms with van der Waals surface area (Å²) in [5.41, 5.74) is 8.12. The van der Waals surface area contributed by atoms with Crippen LogP contribution in [-0.4, -0.2) is 0 Å². The summed E-state index contributed by atoms with van der Waals surface area (Å²) in [5, 5.41) is 0. The monoisotopic (exact) mass is 251 g/mol. The molecule has 0 atom stereocenters. The Hall–Kier alpha value is -1.56. The van der Waals surface area contributed by atoms with E-state index in [-0.39, 0.29) is 0 Å². The summed E-state index contributed by atoms with van der Waals surface area (Å²) in [6, 6.07) is 14.7. The number of hydrogen-bond donors (Lipinski definition) is 0. The van der Waals surface area contributed by atoms with Crippen molar-refractivity contribution in [3.05, 3.63) is 58.7 Å². The lowest BCUT2D eigenvalue weighted by atomic mass is 9.89. The lowest BCUT2D eigenvalue weighted by molar-refractivity contribution is 0.919. The fraction of sp³-hybridized carbons (Fsp3) is 0.368. The summed E-state index contributed by atoms with van der Waals surface area (Å²) in [5.74, 6) is 0. The molecule has 0 bridgehead atoms. The van der Waals surface area contributed by atoms with Gasteiger partial charge >= 0.3 is 0 Å². The molecule has 0 aliphatic heterocycles. The number of rotatable bonds is 4. The van der Waals surface area contributed by atoms with E-state index < -0.39 is 0 Å². The molecule has 0 nitrogen and oxygen atoms in total. The van der Waals surface area contributed by atoms with E-state index in [1.807, 2.05) is 0 Å². The summed E-state index contributed by atoms with van der Waals surface area (Å²) in [6.45, 7) is 8.77. The molecule has 0 heterocycles. The van der Waals surface area contributed by atoms with Crippen LogP contribution in [0.5, 0.6) is 0 Å². The summed E-state index contributed by atoms with van der Waals surface area (Å²) < 4.78 is 0. The first-order chi connectivity index (χ1) is 9.15. The second-order valence-corrected chi connectivity index (χ2v) is 5.31. The first-order valence-electron chi connectivity index (χ1n) is 7.27. The zero-order chi connectivity index (χ0) is 13.8. The quantitative estimate of drug-likeness (QED) is 0.693. The summed E-state index contributed by atoms with van der Waals surface area (Å²) in [4.78, 5) is 0. The van der Waals surface area contributed by atoms with Gasteiger partial charge in [0.05, 0.1) is 0 Å². The van der Waals surface area contributed by atoms with Crippen LogP contribution < -0.4 is 0 Å². The highest BCUT2D eigenvalue weighted by Crippen LogP contribution is 2.30. The fourth-order valence-corrected chi connectivity index (χ4v) is 2.80. The van der Waals surface area contributed by atoms with E-state index in [0.717, 1.165) is 12.8 Å². The number of benzene rings is 2. The van der Waals surface area contributed by atoms with Crippen LogP contribution in [0.1, 0.15) is 42.5 Å². The van der Waals surface area contributed by atoms with Crippen molar-refractivity contribution in [3.8, 4) is 11.1 Å². The van der Waals surface area contributed by atoms with Gasteiger partial charge in [-0.1, -0.05) is 56.2 Å². The lowest BCUT2D eigenvalue weighted by Gasteiger charge is -2.15. The topological polar surface area (TPSA) is 0 Å². The normalized spacial score (nSPS) is 10.7. The van der Waals surface area contributed by atoms with Crippen molar-refractivity contribution in [2.45, 2.75) is 47.0 Å². The summed E-state index contributed by atoms with van der Waals surface area (Å²) in [7, 11) is 0. The maximum Gasteiger partial charge on any atom is -0.00668 e. The van der Waals surface area contributed by atoms with E-state index in [1.165, 1.54) is 39.8 Å². The van der Waals surface area contributed by atoms with Crippen LogP contribution in [-0.2, 0) is 12.8 Å². The Balaban J connectivity index is 2.64. The third-order valence-corrected chi connectivity index (χ3v) is 3.55. The Labute approximate surface area is 117 Å². The SMILES string of the molecule is CCCc1cccc(CC)c1-c1[c]c(C)cc(C)c1. The number of aryl methyl sites for hydroxylation is 4. The molecule has 0 saturated carbocycles. The highest BCUT2D eigenvalue weighted by molar-refractivity contribution is 5.72. The zero-order valence-corrected chi connectivity index (χ0v) is 12.5. The molecule has 0 aliphatic carbocycles. The molecule has 0 spiro atoms. The highest BCUT2D eigenvalue weighted by atomic mass is 14.1. The minimum Gasteiger partial charge on any atom is -0.0651 e. The molecule has 1 radical (unpaired) electrons. The molecule has 0 heteroatoms. The van der Waals surface area contributed by atoms with E-state index in [4.69, 9.17) is 0 Å². The van der Waals surface area contributed by atoms with Gasteiger partial charge in [-0.2, -0.15) is 0 Å². The van der Waals surface area contributed by atoms with E-state index in [0.29, 0.717) is 0 Å². The lowest BCUT2D eigenvalue weighted by Crippen LogP contribution is -1.96. The number of hydrogen-bond acceptors (Lipinski definition) is 0. The minimum atomic E-state index is 1.08. The predicted octanol–water partition coefficient (Wildman–Crippen LogP) is 5.29. The zero-order valence-electron chi connectivity index (χ0n) is 12.5. The molecule has 0 N–H and O–H groups in total. The average molecular weight is 251 g/mol. The molecule has 0 amide bonds. The summed E-state index contributed by atoms with van der Waals surface area (Å²) >= 11 is 0. The van der Waals surface area contributed by atoms with E-state index >= 15 is 0 Å². The highest BCUT2D eigenvalue weighted by Gasteiger charge is 2.10. The van der Waals surface area contributed by atoms with Gasteiger partial charge in [0.15, 0.2) is 0 Å². The van der Waals surface area contributed by atoms with Gasteiger partial charge in [0.25, 0.3) is 0 Å². The predicted molar refractivity (Wildman–Crippen MR) is 83.6 cm³/mol. The molecule has 0 unspecified atom stereocenters. The van der Waals surface area contributed by atoms with E-state index in [9.17, 15) is 0 Å². The first-order valence-corrected chi connectivity index (χ1v) is 7.27. The van der Waals surface area contributed by atoms with E-state index in [2.05, 4.69) is 64.1 Å². The van der Waals surface area contributed by atoms with Gasteiger partial charge in [-0.05, 0) is 60.6 Å². The third-order valence-electron chi connectivity index (χ3n) is 3.55. The molecule has 2 aromatic rings. The molecule has 2 rings (SSSR count). The Morgan fingerprint density at radius 2 is 1.74 bits per heavy atom. The Morgan fingerprint density at radius 3 is 2.37 bits per heavy atom. The molecule has 0 saturated heterocycles. The van der Waals surface area contributed by atoms with Crippen molar-refractivity contribution in [3.63, 3.8) is 0 Å². The smallest absolute Gasteiger partial charge is 0.00668 e. The fourth-order valence-electron chi connectivity index (χ4n) is 2.80. The molecule has 0 fully saturated rings.